The van der Waals surface area contributed by atoms with Gasteiger partial charge in [-0.25, -0.2) is 9.67 Å². The predicted octanol–water partition coefficient (Wildman–Crippen LogP) is 4.02. The van der Waals surface area contributed by atoms with Crippen molar-refractivity contribution in [3.63, 3.8) is 0 Å². The average molecular weight is 505 g/mol. The molecule has 8 nitrogen and oxygen atoms in total. The maximum absolute atomic E-state index is 13.4. The minimum atomic E-state index is -0.0671. The highest BCUT2D eigenvalue weighted by molar-refractivity contribution is 6.06. The number of hydrogen-bond donors (Lipinski definition) is 2. The molecule has 3 heterocycles. The van der Waals surface area contributed by atoms with Gasteiger partial charge in [0.05, 0.1) is 22.8 Å². The summed E-state index contributed by atoms with van der Waals surface area (Å²) < 4.78 is 7.37. The van der Waals surface area contributed by atoms with Crippen molar-refractivity contribution in [2.45, 2.75) is 58.2 Å². The van der Waals surface area contributed by atoms with E-state index in [4.69, 9.17) is 9.72 Å². The Hall–Kier alpha value is -2.81. The lowest BCUT2D eigenvalue weighted by Gasteiger charge is -2.22. The first-order chi connectivity index (χ1) is 18.0. The number of amides is 1. The van der Waals surface area contributed by atoms with E-state index >= 15 is 0 Å². The van der Waals surface area contributed by atoms with Crippen LogP contribution >= 0.6 is 0 Å². The summed E-state index contributed by atoms with van der Waals surface area (Å²) in [6, 6.07) is 11.3. The van der Waals surface area contributed by atoms with Gasteiger partial charge in [-0.1, -0.05) is 18.2 Å². The topological polar surface area (TPSA) is 84.3 Å². The van der Waals surface area contributed by atoms with E-state index in [0.29, 0.717) is 18.0 Å². The molecule has 2 N–H and O–H groups in total. The summed E-state index contributed by atoms with van der Waals surface area (Å²) in [5.41, 5.74) is 4.42. The second kappa shape index (κ2) is 11.7. The molecule has 1 aliphatic heterocycles. The Labute approximate surface area is 219 Å². The van der Waals surface area contributed by atoms with Gasteiger partial charge in [0.1, 0.15) is 0 Å². The van der Waals surface area contributed by atoms with Crippen LogP contribution in [0.1, 0.15) is 61.5 Å². The van der Waals surface area contributed by atoms with Crippen LogP contribution in [0.15, 0.2) is 36.5 Å². The van der Waals surface area contributed by atoms with Crippen molar-refractivity contribution < 1.29 is 9.53 Å². The van der Waals surface area contributed by atoms with Crippen LogP contribution in [0.2, 0.25) is 0 Å². The number of carbonyl (C=O) groups is 1. The number of benzene rings is 1. The van der Waals surface area contributed by atoms with Gasteiger partial charge in [-0.15, -0.1) is 0 Å². The molecule has 0 bridgehead atoms. The van der Waals surface area contributed by atoms with Crippen molar-refractivity contribution in [1.82, 2.24) is 30.3 Å². The number of hydrogen-bond acceptors (Lipinski definition) is 6. The molecule has 8 heteroatoms. The predicted molar refractivity (Wildman–Crippen MR) is 147 cm³/mol. The Morgan fingerprint density at radius 1 is 1.19 bits per heavy atom. The van der Waals surface area contributed by atoms with Crippen LogP contribution < -0.4 is 10.6 Å². The quantitative estimate of drug-likeness (QED) is 0.410. The summed E-state index contributed by atoms with van der Waals surface area (Å²) in [7, 11) is 2.16. The molecule has 1 amide bonds. The van der Waals surface area contributed by atoms with Gasteiger partial charge < -0.3 is 20.3 Å². The van der Waals surface area contributed by atoms with E-state index in [0.717, 1.165) is 74.0 Å². The molecule has 0 unspecified atom stereocenters. The minimum Gasteiger partial charge on any atom is -0.381 e. The smallest absolute Gasteiger partial charge is 0.252 e. The molecular weight excluding hydrogens is 464 g/mol. The summed E-state index contributed by atoms with van der Waals surface area (Å²) in [5, 5.41) is 12.1. The number of likely N-dealkylation sites (N-methyl/N-ethyl adjacent to an activating group) is 1. The first-order valence-corrected chi connectivity index (χ1v) is 13.7. The molecule has 1 saturated carbocycles. The maximum atomic E-state index is 13.4. The van der Waals surface area contributed by atoms with Gasteiger partial charge in [0.15, 0.2) is 5.65 Å². The van der Waals surface area contributed by atoms with Gasteiger partial charge in [0.25, 0.3) is 5.91 Å². The number of fused-ring (bicyclic) bond motifs is 1. The van der Waals surface area contributed by atoms with E-state index in [1.807, 2.05) is 10.7 Å². The van der Waals surface area contributed by atoms with E-state index < -0.39 is 0 Å². The molecule has 37 heavy (non-hydrogen) atoms. The van der Waals surface area contributed by atoms with E-state index in [9.17, 15) is 4.79 Å². The molecule has 1 saturated heterocycles. The largest absolute Gasteiger partial charge is 0.381 e. The number of pyridine rings is 1. The highest BCUT2D eigenvalue weighted by atomic mass is 16.5. The highest BCUT2D eigenvalue weighted by Crippen LogP contribution is 2.27. The third kappa shape index (κ3) is 6.55. The van der Waals surface area contributed by atoms with Crippen LogP contribution in [-0.2, 0) is 11.3 Å². The van der Waals surface area contributed by atoms with Crippen molar-refractivity contribution in [2.75, 3.05) is 39.9 Å². The van der Waals surface area contributed by atoms with Crippen molar-refractivity contribution in [3.8, 4) is 11.3 Å². The number of rotatable bonds is 11. The fourth-order valence-electron chi connectivity index (χ4n) is 4.98. The molecule has 2 aliphatic rings. The third-order valence-corrected chi connectivity index (χ3v) is 7.37. The van der Waals surface area contributed by atoms with Crippen LogP contribution in [0.5, 0.6) is 0 Å². The fraction of sp³-hybridized carbons (Fsp3) is 0.552. The molecule has 1 aliphatic carbocycles. The fourth-order valence-corrected chi connectivity index (χ4v) is 4.98. The zero-order valence-corrected chi connectivity index (χ0v) is 22.4. The number of nitrogens with one attached hydrogen (secondary N) is 2. The Kier molecular flexibility index (Phi) is 8.17. The van der Waals surface area contributed by atoms with E-state index in [1.165, 1.54) is 18.4 Å². The summed E-state index contributed by atoms with van der Waals surface area (Å²) in [5.74, 6) is 0.392. The molecule has 1 aromatic carbocycles. The van der Waals surface area contributed by atoms with E-state index in [-0.39, 0.29) is 11.9 Å². The van der Waals surface area contributed by atoms with E-state index in [2.05, 4.69) is 65.8 Å². The average Bonchev–Trinajstić information content (AvgIpc) is 3.62. The Bertz CT molecular complexity index is 1210. The van der Waals surface area contributed by atoms with Crippen LogP contribution in [0.3, 0.4) is 0 Å². The van der Waals surface area contributed by atoms with Gasteiger partial charge in [-0.3, -0.25) is 4.79 Å². The lowest BCUT2D eigenvalue weighted by atomic mass is 10.00. The number of ether oxygens (including phenoxy) is 1. The Balaban J connectivity index is 1.38. The van der Waals surface area contributed by atoms with Crippen molar-refractivity contribution in [1.29, 1.82) is 0 Å². The van der Waals surface area contributed by atoms with Crippen molar-refractivity contribution in [2.24, 2.45) is 5.92 Å². The van der Waals surface area contributed by atoms with Gasteiger partial charge in [-0.2, -0.15) is 5.10 Å². The van der Waals surface area contributed by atoms with Crippen molar-refractivity contribution in [3.05, 3.63) is 47.7 Å². The third-order valence-electron chi connectivity index (χ3n) is 7.37. The normalized spacial score (nSPS) is 16.7. The summed E-state index contributed by atoms with van der Waals surface area (Å²) in [4.78, 5) is 20.7. The Morgan fingerprint density at radius 3 is 2.76 bits per heavy atom. The number of nitrogens with zero attached hydrogens (tertiary/aromatic N) is 4. The zero-order chi connectivity index (χ0) is 25.8. The molecule has 2 aromatic heterocycles. The van der Waals surface area contributed by atoms with Gasteiger partial charge in [-0.05, 0) is 70.2 Å². The molecule has 3 aromatic rings. The lowest BCUT2D eigenvalue weighted by molar-refractivity contribution is 0.0643. The highest BCUT2D eigenvalue weighted by Gasteiger charge is 2.21. The molecule has 0 radical (unpaired) electrons. The second-order valence-corrected chi connectivity index (χ2v) is 10.9. The molecular formula is C29H40N6O2. The van der Waals surface area contributed by atoms with Crippen LogP contribution in [-0.4, -0.2) is 71.5 Å². The number of carbonyl (C=O) groups excluding carboxylic acids is 1. The minimum absolute atomic E-state index is 0.0671. The molecule has 198 valence electrons. The van der Waals surface area contributed by atoms with Crippen LogP contribution in [0.4, 0.5) is 0 Å². The van der Waals surface area contributed by atoms with Gasteiger partial charge in [0.2, 0.25) is 0 Å². The standard InChI is InChI=1S/C29H40N6O2/c1-20(2)35-28-26(18-32-35)25(29(36)31-17-21-9-13-37-14-10-21)16-27(33-28)23-6-4-5-22(15-23)19-34(3)12-11-30-24-7-8-24/h4-6,15-16,18,20-21,24,30H,7-14,17,19H2,1-3H3,(H,31,36). The molecule has 0 atom stereocenters. The SMILES string of the molecule is CC(C)n1ncc2c(C(=O)NCC3CCOCC3)cc(-c3cccc(CN(C)CCNC4CC4)c3)nc21. The molecule has 0 spiro atoms. The van der Waals surface area contributed by atoms with Crippen LogP contribution in [0.25, 0.3) is 22.3 Å². The van der Waals surface area contributed by atoms with Gasteiger partial charge in [0, 0.05) is 57.0 Å². The first-order valence-electron chi connectivity index (χ1n) is 13.7. The monoisotopic (exact) mass is 504 g/mol. The molecule has 2 fully saturated rings. The summed E-state index contributed by atoms with van der Waals surface area (Å²) >= 11 is 0. The Morgan fingerprint density at radius 2 is 2.00 bits per heavy atom. The lowest BCUT2D eigenvalue weighted by Crippen LogP contribution is -2.32. The zero-order valence-electron chi connectivity index (χ0n) is 22.4. The van der Waals surface area contributed by atoms with Crippen LogP contribution in [0, 0.1) is 5.92 Å². The maximum Gasteiger partial charge on any atom is 0.252 e. The first kappa shape index (κ1) is 25.8. The van der Waals surface area contributed by atoms with Gasteiger partial charge >= 0.3 is 0 Å². The summed E-state index contributed by atoms with van der Waals surface area (Å²) in [6.07, 6.45) is 6.38. The molecule has 5 rings (SSSR count). The summed E-state index contributed by atoms with van der Waals surface area (Å²) in [6.45, 7) is 9.27. The van der Waals surface area contributed by atoms with Crippen molar-refractivity contribution >= 4 is 16.9 Å². The van der Waals surface area contributed by atoms with E-state index in [1.54, 1.807) is 6.20 Å². The number of aromatic nitrogens is 3. The second-order valence-electron chi connectivity index (χ2n) is 10.9.